The molecule has 3 rings (SSSR count). The van der Waals surface area contributed by atoms with Crippen LogP contribution in [0.25, 0.3) is 0 Å². The van der Waals surface area contributed by atoms with E-state index in [4.69, 9.17) is 11.6 Å². The van der Waals surface area contributed by atoms with Crippen molar-refractivity contribution in [2.24, 2.45) is 0 Å². The second-order valence-corrected chi connectivity index (χ2v) is 6.02. The molecular weight excluding hydrogens is 336 g/mol. The van der Waals surface area contributed by atoms with E-state index in [1.807, 2.05) is 49.2 Å². The van der Waals surface area contributed by atoms with Gasteiger partial charge in [-0.15, -0.1) is 10.2 Å². The SMILES string of the molecule is Cc1cc(Cl)ccc1NC(=O)c1ccc(N(C)c2ccccc2)nn1. The molecule has 0 atom stereocenters. The summed E-state index contributed by atoms with van der Waals surface area (Å²) in [5.74, 6) is 0.345. The van der Waals surface area contributed by atoms with Crippen molar-refractivity contribution in [2.45, 2.75) is 6.92 Å². The highest BCUT2D eigenvalue weighted by Gasteiger charge is 2.12. The Morgan fingerprint density at radius 1 is 1.04 bits per heavy atom. The summed E-state index contributed by atoms with van der Waals surface area (Å²) in [6.07, 6.45) is 0. The molecule has 0 spiro atoms. The Labute approximate surface area is 151 Å². The van der Waals surface area contributed by atoms with Crippen LogP contribution in [0.2, 0.25) is 5.02 Å². The summed E-state index contributed by atoms with van der Waals surface area (Å²) in [4.78, 5) is 14.2. The maximum absolute atomic E-state index is 12.3. The first-order valence-electron chi connectivity index (χ1n) is 7.74. The molecule has 6 heteroatoms. The fourth-order valence-corrected chi connectivity index (χ4v) is 2.59. The predicted octanol–water partition coefficient (Wildman–Crippen LogP) is 4.46. The van der Waals surface area contributed by atoms with E-state index in [1.54, 1.807) is 30.3 Å². The molecule has 126 valence electrons. The highest BCUT2D eigenvalue weighted by molar-refractivity contribution is 6.30. The van der Waals surface area contributed by atoms with E-state index in [0.29, 0.717) is 16.5 Å². The maximum atomic E-state index is 12.3. The highest BCUT2D eigenvalue weighted by atomic mass is 35.5. The lowest BCUT2D eigenvalue weighted by atomic mass is 10.2. The standard InChI is InChI=1S/C19H17ClN4O/c1-13-12-14(20)8-9-16(13)21-19(25)17-10-11-18(23-22-17)24(2)15-6-4-3-5-7-15/h3-12H,1-2H3,(H,21,25). The van der Waals surface area contributed by atoms with Gasteiger partial charge >= 0.3 is 0 Å². The van der Waals surface area contributed by atoms with Crippen LogP contribution in [0.4, 0.5) is 17.2 Å². The third-order valence-electron chi connectivity index (χ3n) is 3.81. The molecule has 0 bridgehead atoms. The fraction of sp³-hybridized carbons (Fsp3) is 0.105. The molecule has 0 aliphatic carbocycles. The number of nitrogens with zero attached hydrogens (tertiary/aromatic N) is 3. The van der Waals surface area contributed by atoms with Gasteiger partial charge in [-0.05, 0) is 55.0 Å². The van der Waals surface area contributed by atoms with Crippen LogP contribution in [0.3, 0.4) is 0 Å². The van der Waals surface area contributed by atoms with Gasteiger partial charge in [-0.2, -0.15) is 0 Å². The number of benzene rings is 2. The molecule has 0 aliphatic rings. The van der Waals surface area contributed by atoms with Crippen LogP contribution in [-0.2, 0) is 0 Å². The largest absolute Gasteiger partial charge is 0.328 e. The number of halogens is 1. The lowest BCUT2D eigenvalue weighted by molar-refractivity contribution is 0.102. The van der Waals surface area contributed by atoms with Gasteiger partial charge in [0.1, 0.15) is 0 Å². The van der Waals surface area contributed by atoms with Crippen molar-refractivity contribution >= 4 is 34.7 Å². The van der Waals surface area contributed by atoms with E-state index < -0.39 is 0 Å². The fourth-order valence-electron chi connectivity index (χ4n) is 2.36. The molecule has 0 aliphatic heterocycles. The minimum absolute atomic E-state index is 0.250. The zero-order valence-corrected chi connectivity index (χ0v) is 14.7. The third-order valence-corrected chi connectivity index (χ3v) is 4.04. The first kappa shape index (κ1) is 16.9. The Bertz CT molecular complexity index is 882. The summed E-state index contributed by atoms with van der Waals surface area (Å²) >= 11 is 5.93. The minimum atomic E-state index is -0.313. The lowest BCUT2D eigenvalue weighted by Crippen LogP contribution is -2.17. The van der Waals surface area contributed by atoms with E-state index in [0.717, 1.165) is 11.3 Å². The van der Waals surface area contributed by atoms with Crippen molar-refractivity contribution < 1.29 is 4.79 Å². The second kappa shape index (κ2) is 7.32. The van der Waals surface area contributed by atoms with Gasteiger partial charge in [0.25, 0.3) is 5.91 Å². The topological polar surface area (TPSA) is 58.1 Å². The number of hydrogen-bond acceptors (Lipinski definition) is 4. The van der Waals surface area contributed by atoms with Crippen molar-refractivity contribution in [1.29, 1.82) is 0 Å². The number of aromatic nitrogens is 2. The van der Waals surface area contributed by atoms with E-state index >= 15 is 0 Å². The monoisotopic (exact) mass is 352 g/mol. The number of hydrogen-bond donors (Lipinski definition) is 1. The molecule has 1 aromatic heterocycles. The predicted molar refractivity (Wildman–Crippen MR) is 101 cm³/mol. The van der Waals surface area contributed by atoms with Crippen molar-refractivity contribution in [1.82, 2.24) is 10.2 Å². The van der Waals surface area contributed by atoms with E-state index in [9.17, 15) is 4.79 Å². The summed E-state index contributed by atoms with van der Waals surface area (Å²) in [7, 11) is 1.90. The number of para-hydroxylation sites is 1. The van der Waals surface area contributed by atoms with Gasteiger partial charge < -0.3 is 10.2 Å². The molecule has 1 N–H and O–H groups in total. The van der Waals surface area contributed by atoms with Crippen LogP contribution in [0.15, 0.2) is 60.7 Å². The lowest BCUT2D eigenvalue weighted by Gasteiger charge is -2.17. The van der Waals surface area contributed by atoms with Crippen molar-refractivity contribution in [2.75, 3.05) is 17.3 Å². The van der Waals surface area contributed by atoms with Crippen molar-refractivity contribution in [3.8, 4) is 0 Å². The number of rotatable bonds is 4. The Morgan fingerprint density at radius 2 is 1.80 bits per heavy atom. The molecule has 1 heterocycles. The Hall–Kier alpha value is -2.92. The highest BCUT2D eigenvalue weighted by Crippen LogP contribution is 2.22. The van der Waals surface area contributed by atoms with Gasteiger partial charge in [0.05, 0.1) is 0 Å². The molecule has 3 aromatic rings. The molecule has 0 saturated heterocycles. The maximum Gasteiger partial charge on any atom is 0.276 e. The van der Waals surface area contributed by atoms with Crippen LogP contribution in [0.1, 0.15) is 16.1 Å². The van der Waals surface area contributed by atoms with Gasteiger partial charge in [-0.1, -0.05) is 29.8 Å². The van der Waals surface area contributed by atoms with Crippen LogP contribution in [-0.4, -0.2) is 23.2 Å². The molecular formula is C19H17ClN4O. The Balaban J connectivity index is 1.74. The molecule has 0 saturated carbocycles. The van der Waals surface area contributed by atoms with Gasteiger partial charge in [-0.3, -0.25) is 4.79 Å². The molecule has 1 amide bonds. The van der Waals surface area contributed by atoms with Crippen molar-refractivity contribution in [3.05, 3.63) is 76.9 Å². The third kappa shape index (κ3) is 3.95. The quantitative estimate of drug-likeness (QED) is 0.753. The molecule has 2 aromatic carbocycles. The van der Waals surface area contributed by atoms with Gasteiger partial charge in [0, 0.05) is 23.4 Å². The molecule has 25 heavy (non-hydrogen) atoms. The number of carbonyl (C=O) groups excluding carboxylic acids is 1. The van der Waals surface area contributed by atoms with Crippen LogP contribution < -0.4 is 10.2 Å². The first-order chi connectivity index (χ1) is 12.0. The summed E-state index contributed by atoms with van der Waals surface area (Å²) in [6.45, 7) is 1.88. The smallest absolute Gasteiger partial charge is 0.276 e. The number of aryl methyl sites for hydroxylation is 1. The molecule has 0 fully saturated rings. The first-order valence-corrected chi connectivity index (χ1v) is 8.12. The second-order valence-electron chi connectivity index (χ2n) is 5.58. The average molecular weight is 353 g/mol. The van der Waals surface area contributed by atoms with E-state index in [1.165, 1.54) is 0 Å². The normalized spacial score (nSPS) is 10.4. The minimum Gasteiger partial charge on any atom is -0.328 e. The van der Waals surface area contributed by atoms with E-state index in [-0.39, 0.29) is 11.6 Å². The van der Waals surface area contributed by atoms with Gasteiger partial charge in [-0.25, -0.2) is 0 Å². The zero-order valence-electron chi connectivity index (χ0n) is 13.9. The summed E-state index contributed by atoms with van der Waals surface area (Å²) in [6, 6.07) is 18.5. The summed E-state index contributed by atoms with van der Waals surface area (Å²) in [5.41, 5.74) is 2.82. The Kier molecular flexibility index (Phi) is 4.95. The molecule has 5 nitrogen and oxygen atoms in total. The van der Waals surface area contributed by atoms with E-state index in [2.05, 4.69) is 15.5 Å². The van der Waals surface area contributed by atoms with Gasteiger partial charge in [0.15, 0.2) is 11.5 Å². The zero-order chi connectivity index (χ0) is 17.8. The average Bonchev–Trinajstić information content (AvgIpc) is 2.64. The van der Waals surface area contributed by atoms with Crippen LogP contribution >= 0.6 is 11.6 Å². The van der Waals surface area contributed by atoms with Crippen LogP contribution in [0, 0.1) is 6.92 Å². The number of carbonyl (C=O) groups is 1. The molecule has 0 unspecified atom stereocenters. The molecule has 0 radical (unpaired) electrons. The number of nitrogens with one attached hydrogen (secondary N) is 1. The summed E-state index contributed by atoms with van der Waals surface area (Å²) < 4.78 is 0. The Morgan fingerprint density at radius 3 is 2.44 bits per heavy atom. The number of amides is 1. The van der Waals surface area contributed by atoms with Crippen molar-refractivity contribution in [3.63, 3.8) is 0 Å². The summed E-state index contributed by atoms with van der Waals surface area (Å²) in [5, 5.41) is 11.6. The van der Waals surface area contributed by atoms with Crippen LogP contribution in [0.5, 0.6) is 0 Å². The van der Waals surface area contributed by atoms with Gasteiger partial charge in [0.2, 0.25) is 0 Å². The number of anilines is 3.